The van der Waals surface area contributed by atoms with E-state index in [2.05, 4.69) is 5.32 Å². The Bertz CT molecular complexity index is 1270. The highest BCUT2D eigenvalue weighted by molar-refractivity contribution is 5.92. The minimum Gasteiger partial charge on any atom is -0.508 e. The highest BCUT2D eigenvalue weighted by atomic mass is 16.5. The van der Waals surface area contributed by atoms with Crippen LogP contribution >= 0.6 is 0 Å². The van der Waals surface area contributed by atoms with Gasteiger partial charge in [0.25, 0.3) is 0 Å². The van der Waals surface area contributed by atoms with Gasteiger partial charge in [-0.15, -0.1) is 0 Å². The molecule has 0 spiro atoms. The van der Waals surface area contributed by atoms with E-state index in [0.717, 1.165) is 34.9 Å². The molecule has 2 aromatic carbocycles. The molecule has 34 heavy (non-hydrogen) atoms. The van der Waals surface area contributed by atoms with Gasteiger partial charge < -0.3 is 24.3 Å². The van der Waals surface area contributed by atoms with Crippen LogP contribution < -0.4 is 20.4 Å². The zero-order valence-electron chi connectivity index (χ0n) is 20.1. The molecule has 0 saturated heterocycles. The fourth-order valence-electron chi connectivity index (χ4n) is 4.47. The number of nitrogens with one attached hydrogen (secondary N) is 1. The van der Waals surface area contributed by atoms with Crippen LogP contribution in [-0.2, 0) is 24.1 Å². The van der Waals surface area contributed by atoms with Crippen LogP contribution in [0.1, 0.15) is 48.9 Å². The number of phenolic OH excluding ortho intramolecular Hbond substituents is 1. The number of fused-ring (bicyclic) bond motifs is 3. The first-order valence-electron chi connectivity index (χ1n) is 11.6. The van der Waals surface area contributed by atoms with Crippen molar-refractivity contribution in [3.8, 4) is 17.2 Å². The topological polar surface area (TPSA) is 98.0 Å². The Hall–Kier alpha value is -3.48. The van der Waals surface area contributed by atoms with Crippen molar-refractivity contribution < 1.29 is 23.8 Å². The first-order valence-corrected chi connectivity index (χ1v) is 11.6. The van der Waals surface area contributed by atoms with E-state index in [-0.39, 0.29) is 30.1 Å². The number of aryl methyl sites for hydroxylation is 2. The van der Waals surface area contributed by atoms with Gasteiger partial charge in [0.1, 0.15) is 28.4 Å². The van der Waals surface area contributed by atoms with Crippen molar-refractivity contribution in [1.29, 1.82) is 0 Å². The van der Waals surface area contributed by atoms with Crippen LogP contribution in [-0.4, -0.2) is 30.3 Å². The summed E-state index contributed by atoms with van der Waals surface area (Å²) in [5, 5.41) is 13.0. The van der Waals surface area contributed by atoms with Crippen molar-refractivity contribution in [2.75, 3.05) is 13.7 Å². The summed E-state index contributed by atoms with van der Waals surface area (Å²) in [5.41, 5.74) is 2.94. The van der Waals surface area contributed by atoms with Gasteiger partial charge in [-0.3, -0.25) is 4.79 Å². The van der Waals surface area contributed by atoms with Crippen molar-refractivity contribution in [2.45, 2.75) is 58.5 Å². The molecule has 0 atom stereocenters. The summed E-state index contributed by atoms with van der Waals surface area (Å²) in [5.74, 6) is 1.35. The lowest BCUT2D eigenvalue weighted by atomic mass is 9.91. The van der Waals surface area contributed by atoms with Crippen molar-refractivity contribution >= 4 is 16.9 Å². The fraction of sp³-hybridized carbons (Fsp3) is 0.407. The third kappa shape index (κ3) is 4.88. The smallest absolute Gasteiger partial charge is 0.339 e. The molecule has 1 aliphatic heterocycles. The average molecular weight is 466 g/mol. The molecular formula is C27H31NO6. The van der Waals surface area contributed by atoms with E-state index in [1.54, 1.807) is 19.2 Å². The fourth-order valence-corrected chi connectivity index (χ4v) is 4.47. The molecule has 180 valence electrons. The number of carbonyl (C=O) groups excluding carboxylic acids is 1. The quantitative estimate of drug-likeness (QED) is 0.507. The minimum atomic E-state index is -0.429. The number of phenols is 1. The second-order valence-corrected chi connectivity index (χ2v) is 9.38. The molecule has 7 heteroatoms. The Balaban J connectivity index is 1.51. The molecule has 2 N–H and O–H groups in total. The van der Waals surface area contributed by atoms with Crippen molar-refractivity contribution in [2.24, 2.45) is 0 Å². The highest BCUT2D eigenvalue weighted by Crippen LogP contribution is 2.43. The second-order valence-electron chi connectivity index (χ2n) is 9.38. The number of hydrogen-bond acceptors (Lipinski definition) is 6. The maximum absolute atomic E-state index is 12.9. The standard InChI is InChI=1S/C27H31NO6/c1-16-19(9-10-23(30)28-14-12-17-5-7-18(29)8-6-17)26(31)33-25-20-11-13-27(2,3)34-21(20)15-22(32-4)24(16)25/h5-8,15,29H,9-14H2,1-4H3,(H,28,30). The van der Waals surface area contributed by atoms with Gasteiger partial charge >= 0.3 is 5.63 Å². The van der Waals surface area contributed by atoms with Crippen LogP contribution in [0.3, 0.4) is 0 Å². The lowest BCUT2D eigenvalue weighted by molar-refractivity contribution is -0.121. The van der Waals surface area contributed by atoms with E-state index in [0.29, 0.717) is 35.6 Å². The van der Waals surface area contributed by atoms with Gasteiger partial charge in [0, 0.05) is 30.2 Å². The molecule has 0 saturated carbocycles. The molecule has 1 aromatic heterocycles. The number of rotatable bonds is 7. The number of amides is 1. The van der Waals surface area contributed by atoms with E-state index >= 15 is 0 Å². The SMILES string of the molecule is COc1cc2c(c3oc(=O)c(CCC(=O)NCCc4ccc(O)cc4)c(C)c13)CCC(C)(C)O2. The van der Waals surface area contributed by atoms with Crippen LogP contribution in [0, 0.1) is 6.92 Å². The zero-order chi connectivity index (χ0) is 24.5. The van der Waals surface area contributed by atoms with Crippen molar-refractivity contribution in [3.63, 3.8) is 0 Å². The number of ether oxygens (including phenoxy) is 2. The summed E-state index contributed by atoms with van der Waals surface area (Å²) < 4.78 is 17.6. The summed E-state index contributed by atoms with van der Waals surface area (Å²) in [4.78, 5) is 25.3. The lowest BCUT2D eigenvalue weighted by Crippen LogP contribution is -2.32. The van der Waals surface area contributed by atoms with E-state index in [4.69, 9.17) is 13.9 Å². The molecule has 0 fully saturated rings. The third-order valence-corrected chi connectivity index (χ3v) is 6.43. The van der Waals surface area contributed by atoms with Gasteiger partial charge in [-0.05, 0) is 69.7 Å². The molecule has 0 radical (unpaired) electrons. The van der Waals surface area contributed by atoms with E-state index < -0.39 is 5.63 Å². The Kier molecular flexibility index (Phi) is 6.55. The molecule has 3 aromatic rings. The summed E-state index contributed by atoms with van der Waals surface area (Å²) in [6, 6.07) is 8.76. The number of aromatic hydroxyl groups is 1. The Morgan fingerprint density at radius 3 is 2.65 bits per heavy atom. The molecule has 1 amide bonds. The number of hydrogen-bond donors (Lipinski definition) is 2. The molecule has 7 nitrogen and oxygen atoms in total. The summed E-state index contributed by atoms with van der Waals surface area (Å²) in [6.45, 7) is 6.42. The summed E-state index contributed by atoms with van der Waals surface area (Å²) >= 11 is 0. The molecule has 0 bridgehead atoms. The van der Waals surface area contributed by atoms with Crippen LogP contribution in [0.5, 0.6) is 17.2 Å². The van der Waals surface area contributed by atoms with E-state index in [1.165, 1.54) is 0 Å². The third-order valence-electron chi connectivity index (χ3n) is 6.43. The average Bonchev–Trinajstić information content (AvgIpc) is 2.78. The summed E-state index contributed by atoms with van der Waals surface area (Å²) in [6.07, 6.45) is 2.67. The normalized spacial score (nSPS) is 14.4. The molecular weight excluding hydrogens is 434 g/mol. The Morgan fingerprint density at radius 1 is 1.21 bits per heavy atom. The zero-order valence-corrected chi connectivity index (χ0v) is 20.1. The van der Waals surface area contributed by atoms with Crippen LogP contribution in [0.15, 0.2) is 39.5 Å². The first kappa shape index (κ1) is 23.7. The number of methoxy groups -OCH3 is 1. The van der Waals surface area contributed by atoms with Gasteiger partial charge in [-0.25, -0.2) is 4.79 Å². The van der Waals surface area contributed by atoms with E-state index in [9.17, 15) is 14.7 Å². The van der Waals surface area contributed by atoms with Gasteiger partial charge in [-0.2, -0.15) is 0 Å². The van der Waals surface area contributed by atoms with Gasteiger partial charge in [-0.1, -0.05) is 12.1 Å². The molecule has 1 aliphatic rings. The van der Waals surface area contributed by atoms with Crippen LogP contribution in [0.4, 0.5) is 0 Å². The Labute approximate surface area is 198 Å². The molecule has 4 rings (SSSR count). The maximum atomic E-state index is 12.9. The van der Waals surface area contributed by atoms with Gasteiger partial charge in [0.15, 0.2) is 0 Å². The monoisotopic (exact) mass is 465 g/mol. The predicted octanol–water partition coefficient (Wildman–Crippen LogP) is 4.21. The van der Waals surface area contributed by atoms with E-state index in [1.807, 2.05) is 39.0 Å². The Morgan fingerprint density at radius 2 is 1.94 bits per heavy atom. The maximum Gasteiger partial charge on any atom is 0.339 e. The number of carbonyl (C=O) groups is 1. The molecule has 2 heterocycles. The lowest BCUT2D eigenvalue weighted by Gasteiger charge is -2.33. The van der Waals surface area contributed by atoms with Crippen molar-refractivity contribution in [3.05, 3.63) is 63.0 Å². The molecule has 0 aliphatic carbocycles. The van der Waals surface area contributed by atoms with Gasteiger partial charge in [0.05, 0.1) is 12.5 Å². The first-order chi connectivity index (χ1) is 16.2. The largest absolute Gasteiger partial charge is 0.508 e. The number of benzene rings is 2. The molecule has 0 unspecified atom stereocenters. The van der Waals surface area contributed by atoms with Crippen LogP contribution in [0.25, 0.3) is 11.0 Å². The highest BCUT2D eigenvalue weighted by Gasteiger charge is 2.31. The summed E-state index contributed by atoms with van der Waals surface area (Å²) in [7, 11) is 1.58. The predicted molar refractivity (Wildman–Crippen MR) is 130 cm³/mol. The van der Waals surface area contributed by atoms with Crippen molar-refractivity contribution in [1.82, 2.24) is 5.32 Å². The van der Waals surface area contributed by atoms with Crippen LogP contribution in [0.2, 0.25) is 0 Å². The van der Waals surface area contributed by atoms with Gasteiger partial charge in [0.2, 0.25) is 5.91 Å². The second kappa shape index (κ2) is 9.41. The minimum absolute atomic E-state index is 0.134.